The topological polar surface area (TPSA) is 94.0 Å². The first-order chi connectivity index (χ1) is 18.5. The number of pyridine rings is 2. The van der Waals surface area contributed by atoms with Crippen molar-refractivity contribution in [3.05, 3.63) is 83.5 Å². The normalized spacial score (nSPS) is 21.3. The van der Waals surface area contributed by atoms with Gasteiger partial charge in [0.15, 0.2) is 6.17 Å². The fourth-order valence-corrected chi connectivity index (χ4v) is 5.61. The van der Waals surface area contributed by atoms with E-state index in [2.05, 4.69) is 46.0 Å². The lowest BCUT2D eigenvalue weighted by atomic mass is 9.83. The van der Waals surface area contributed by atoms with E-state index < -0.39 is 12.3 Å². The van der Waals surface area contributed by atoms with Crippen LogP contribution in [0.15, 0.2) is 61.4 Å². The van der Waals surface area contributed by atoms with Crippen molar-refractivity contribution in [1.82, 2.24) is 30.3 Å². The second kappa shape index (κ2) is 10.2. The molecule has 1 amide bonds. The zero-order chi connectivity index (χ0) is 26.2. The van der Waals surface area contributed by atoms with E-state index in [1.165, 1.54) is 25.7 Å². The van der Waals surface area contributed by atoms with Gasteiger partial charge < -0.3 is 9.40 Å². The van der Waals surface area contributed by atoms with Crippen LogP contribution < -0.4 is 10.8 Å². The first kappa shape index (κ1) is 24.6. The Balaban J connectivity index is 1.56. The second-order valence-electron chi connectivity index (χ2n) is 10.3. The molecule has 0 spiro atoms. The summed E-state index contributed by atoms with van der Waals surface area (Å²) in [4.78, 5) is 31.1. The summed E-state index contributed by atoms with van der Waals surface area (Å²) in [6, 6.07) is 13.9. The third-order valence-electron chi connectivity index (χ3n) is 7.52. The summed E-state index contributed by atoms with van der Waals surface area (Å²) in [5.41, 5.74) is 8.25. The molecule has 1 aliphatic carbocycles. The fourth-order valence-electron chi connectivity index (χ4n) is 5.44. The van der Waals surface area contributed by atoms with Gasteiger partial charge in [-0.3, -0.25) is 10.3 Å². The van der Waals surface area contributed by atoms with Crippen LogP contribution >= 0.6 is 11.6 Å². The highest BCUT2D eigenvalue weighted by molar-refractivity contribution is 6.30. The van der Waals surface area contributed by atoms with Gasteiger partial charge >= 0.3 is 6.09 Å². The smallest absolute Gasteiger partial charge is 0.351 e. The molecule has 8 nitrogen and oxygen atoms in total. The molecule has 0 radical (unpaired) electrons. The number of hydroxylamine groups is 1. The molecule has 6 rings (SSSR count). The van der Waals surface area contributed by atoms with Gasteiger partial charge in [0.1, 0.15) is 5.82 Å². The van der Waals surface area contributed by atoms with Gasteiger partial charge in [-0.1, -0.05) is 68.3 Å². The van der Waals surface area contributed by atoms with Gasteiger partial charge in [-0.25, -0.2) is 14.8 Å². The Bertz CT molecular complexity index is 1510. The molecule has 1 unspecified atom stereocenters. The molecule has 4 heterocycles. The molecule has 38 heavy (non-hydrogen) atoms. The Kier molecular flexibility index (Phi) is 6.59. The van der Waals surface area contributed by atoms with Crippen LogP contribution in [0.5, 0.6) is 0 Å². The van der Waals surface area contributed by atoms with E-state index in [0.717, 1.165) is 46.0 Å². The minimum atomic E-state index is -0.608. The minimum Gasteiger partial charge on any atom is -0.351 e. The van der Waals surface area contributed by atoms with Gasteiger partial charge in [0.25, 0.3) is 0 Å². The number of rotatable bonds is 6. The maximum Gasteiger partial charge on any atom is 0.427 e. The third kappa shape index (κ3) is 4.77. The van der Waals surface area contributed by atoms with Gasteiger partial charge in [0.05, 0.1) is 27.4 Å². The van der Waals surface area contributed by atoms with E-state index in [4.69, 9.17) is 26.4 Å². The van der Waals surface area contributed by atoms with Crippen molar-refractivity contribution >= 4 is 34.3 Å². The Morgan fingerprint density at radius 2 is 1.92 bits per heavy atom. The number of carbonyl (C=O) groups excluding carboxylic acids is 1. The largest absolute Gasteiger partial charge is 0.427 e. The molecular formula is C29H29ClN6O2. The number of imidazole rings is 1. The van der Waals surface area contributed by atoms with E-state index in [1.54, 1.807) is 12.4 Å². The van der Waals surface area contributed by atoms with Gasteiger partial charge in [0, 0.05) is 30.1 Å². The molecule has 1 aliphatic heterocycles. The molecule has 2 N–H and O–H groups in total. The highest BCUT2D eigenvalue weighted by atomic mass is 35.5. The first-order valence-corrected chi connectivity index (χ1v) is 13.3. The van der Waals surface area contributed by atoms with Gasteiger partial charge in [-0.15, -0.1) is 5.48 Å². The molecule has 1 atom stereocenters. The van der Waals surface area contributed by atoms with Gasteiger partial charge in [0.2, 0.25) is 0 Å². The number of hydrogen-bond acceptors (Lipinski definition) is 6. The third-order valence-corrected chi connectivity index (χ3v) is 7.73. The SMILES string of the molecule is C=C(c1ccccc1)c1nc2cc(C3NOC(=O)N3)nc(-c3cncc(Cl)c3)c2n1CC1CCC(C)CC1. The fraction of sp³-hybridized carbons (Fsp3) is 0.310. The summed E-state index contributed by atoms with van der Waals surface area (Å²) in [5.74, 6) is 2.10. The number of nitrogens with one attached hydrogen (secondary N) is 2. The average Bonchev–Trinajstić information content (AvgIpc) is 3.53. The number of nitrogens with zero attached hydrogens (tertiary/aromatic N) is 4. The van der Waals surface area contributed by atoms with Gasteiger partial charge in [-0.05, 0) is 42.4 Å². The molecule has 0 bridgehead atoms. The quantitative estimate of drug-likeness (QED) is 0.306. The average molecular weight is 529 g/mol. The molecule has 2 fully saturated rings. The molecule has 9 heteroatoms. The zero-order valence-corrected chi connectivity index (χ0v) is 21.9. The van der Waals surface area contributed by atoms with Crippen LogP contribution in [0.25, 0.3) is 27.9 Å². The molecule has 3 aromatic heterocycles. The van der Waals surface area contributed by atoms with E-state index in [9.17, 15) is 4.79 Å². The lowest BCUT2D eigenvalue weighted by Gasteiger charge is -2.27. The lowest BCUT2D eigenvalue weighted by molar-refractivity contribution is 0.121. The van der Waals surface area contributed by atoms with Crippen molar-refractivity contribution in [2.24, 2.45) is 11.8 Å². The minimum absolute atomic E-state index is 0.514. The number of carbonyl (C=O) groups is 1. The predicted molar refractivity (Wildman–Crippen MR) is 147 cm³/mol. The van der Waals surface area contributed by atoms with Crippen molar-refractivity contribution in [3.63, 3.8) is 0 Å². The van der Waals surface area contributed by atoms with Crippen LogP contribution in [0.1, 0.15) is 55.9 Å². The summed E-state index contributed by atoms with van der Waals surface area (Å²) >= 11 is 6.36. The van der Waals surface area contributed by atoms with Crippen molar-refractivity contribution in [2.45, 2.75) is 45.3 Å². The van der Waals surface area contributed by atoms with Crippen molar-refractivity contribution < 1.29 is 9.63 Å². The van der Waals surface area contributed by atoms with Crippen LogP contribution in [0.2, 0.25) is 5.02 Å². The van der Waals surface area contributed by atoms with E-state index >= 15 is 0 Å². The van der Waals surface area contributed by atoms with Crippen LogP contribution in [0.3, 0.4) is 0 Å². The number of aromatic nitrogens is 4. The molecule has 1 aromatic carbocycles. The van der Waals surface area contributed by atoms with Crippen molar-refractivity contribution in [1.29, 1.82) is 0 Å². The van der Waals surface area contributed by atoms with E-state index in [1.807, 2.05) is 30.3 Å². The maximum absolute atomic E-state index is 11.8. The molecule has 4 aromatic rings. The van der Waals surface area contributed by atoms with E-state index in [0.29, 0.717) is 22.3 Å². The maximum atomic E-state index is 11.8. The zero-order valence-electron chi connectivity index (χ0n) is 21.2. The number of fused-ring (bicyclic) bond motifs is 1. The Morgan fingerprint density at radius 3 is 2.63 bits per heavy atom. The predicted octanol–water partition coefficient (Wildman–Crippen LogP) is 6.28. The lowest BCUT2D eigenvalue weighted by Crippen LogP contribution is -2.23. The molecule has 1 saturated carbocycles. The van der Waals surface area contributed by atoms with Crippen LogP contribution in [0, 0.1) is 11.8 Å². The second-order valence-corrected chi connectivity index (χ2v) is 10.7. The number of amides is 1. The number of benzene rings is 1. The summed E-state index contributed by atoms with van der Waals surface area (Å²) in [7, 11) is 0. The highest BCUT2D eigenvalue weighted by Gasteiger charge is 2.29. The molecule has 2 aliphatic rings. The van der Waals surface area contributed by atoms with Crippen LogP contribution in [-0.4, -0.2) is 25.6 Å². The summed E-state index contributed by atoms with van der Waals surface area (Å²) in [6.45, 7) is 7.60. The molecule has 1 saturated heterocycles. The summed E-state index contributed by atoms with van der Waals surface area (Å²) in [6.07, 6.45) is 6.99. The number of halogens is 1. The molecule has 194 valence electrons. The van der Waals surface area contributed by atoms with Crippen LogP contribution in [-0.2, 0) is 11.4 Å². The standard InChI is InChI=1S/C29H29ClN6O2/c1-17-8-10-19(11-9-17)16-36-26-23(33-28(36)18(2)20-6-4-3-5-7-20)13-24(27-34-29(37)38-35-27)32-25(26)21-12-22(30)15-31-14-21/h3-7,12-15,17,19,27,35H,2,8-11,16H2,1H3,(H,34,37). The number of hydrogen-bond donors (Lipinski definition) is 2. The summed E-state index contributed by atoms with van der Waals surface area (Å²) in [5, 5.41) is 3.25. The van der Waals surface area contributed by atoms with Crippen molar-refractivity contribution in [3.8, 4) is 11.3 Å². The highest BCUT2D eigenvalue weighted by Crippen LogP contribution is 2.37. The first-order valence-electron chi connectivity index (χ1n) is 13.0. The summed E-state index contributed by atoms with van der Waals surface area (Å²) < 4.78 is 2.27. The van der Waals surface area contributed by atoms with Crippen LogP contribution in [0.4, 0.5) is 4.79 Å². The Morgan fingerprint density at radius 1 is 1.13 bits per heavy atom. The molecular weight excluding hydrogens is 500 g/mol. The van der Waals surface area contributed by atoms with Crippen molar-refractivity contribution in [2.75, 3.05) is 0 Å². The monoisotopic (exact) mass is 528 g/mol. The van der Waals surface area contributed by atoms with Gasteiger partial charge in [-0.2, -0.15) is 0 Å². The Labute approximate surface area is 226 Å². The Hall–Kier alpha value is -3.75. The van der Waals surface area contributed by atoms with E-state index in [-0.39, 0.29) is 0 Å².